The number of halogens is 3. The summed E-state index contributed by atoms with van der Waals surface area (Å²) in [5.41, 5.74) is 2.71. The van der Waals surface area contributed by atoms with Gasteiger partial charge in [0.05, 0.1) is 6.04 Å². The van der Waals surface area contributed by atoms with E-state index < -0.39 is 23.5 Å². The zero-order valence-corrected chi connectivity index (χ0v) is 15.0. The van der Waals surface area contributed by atoms with Gasteiger partial charge in [0.25, 0.3) is 0 Å². The summed E-state index contributed by atoms with van der Waals surface area (Å²) in [4.78, 5) is 15.8. The first-order valence-corrected chi connectivity index (χ1v) is 8.57. The molecule has 0 saturated heterocycles. The normalized spacial score (nSPS) is 12.1. The van der Waals surface area contributed by atoms with E-state index >= 15 is 0 Å². The number of rotatable bonds is 5. The topological polar surface area (TPSA) is 42.0 Å². The van der Waals surface area contributed by atoms with Gasteiger partial charge < -0.3 is 5.32 Å². The van der Waals surface area contributed by atoms with Gasteiger partial charge in [-0.1, -0.05) is 18.2 Å². The maximum atomic E-state index is 13.2. The van der Waals surface area contributed by atoms with Crippen LogP contribution in [0.1, 0.15) is 24.1 Å². The Hall–Kier alpha value is -3.41. The standard InChI is InChI=1S/C22H17F3N2O/c1-14(27-22(28)8-5-15-9-19(23)12-20(24)10-15)16-3-2-4-17(11-16)18-6-7-21(25)26-13-18/h2-14H,1H3,(H,27,28)/b8-5+/t14-/m0/s1. The molecule has 0 unspecified atom stereocenters. The molecule has 0 saturated carbocycles. The van der Waals surface area contributed by atoms with Gasteiger partial charge in [-0.3, -0.25) is 4.79 Å². The average Bonchev–Trinajstić information content (AvgIpc) is 2.66. The Morgan fingerprint density at radius 2 is 1.75 bits per heavy atom. The van der Waals surface area contributed by atoms with E-state index in [1.165, 1.54) is 24.4 Å². The van der Waals surface area contributed by atoms with Gasteiger partial charge in [-0.25, -0.2) is 13.8 Å². The molecular weight excluding hydrogens is 365 g/mol. The summed E-state index contributed by atoms with van der Waals surface area (Å²) in [5, 5.41) is 2.79. The minimum absolute atomic E-state index is 0.256. The Kier molecular flexibility index (Phi) is 5.89. The molecule has 142 valence electrons. The Bertz CT molecular complexity index is 996. The SMILES string of the molecule is C[C@H](NC(=O)/C=C/c1cc(F)cc(F)c1)c1cccc(-c2ccc(F)nc2)c1. The van der Waals surface area contributed by atoms with Crippen LogP contribution in [-0.4, -0.2) is 10.9 Å². The second-order valence-corrected chi connectivity index (χ2v) is 6.26. The summed E-state index contributed by atoms with van der Waals surface area (Å²) in [6.07, 6.45) is 4.01. The number of amides is 1. The van der Waals surface area contributed by atoms with Gasteiger partial charge in [-0.2, -0.15) is 4.39 Å². The number of hydrogen-bond donors (Lipinski definition) is 1. The molecule has 0 aliphatic heterocycles. The molecule has 1 amide bonds. The van der Waals surface area contributed by atoms with Crippen molar-refractivity contribution in [3.8, 4) is 11.1 Å². The van der Waals surface area contributed by atoms with E-state index in [0.29, 0.717) is 0 Å². The van der Waals surface area contributed by atoms with Gasteiger partial charge in [0.1, 0.15) is 11.6 Å². The number of hydrogen-bond acceptors (Lipinski definition) is 2. The zero-order chi connectivity index (χ0) is 20.1. The second-order valence-electron chi connectivity index (χ2n) is 6.26. The predicted octanol–water partition coefficient (Wildman–Crippen LogP) is 5.06. The fourth-order valence-electron chi connectivity index (χ4n) is 2.72. The molecular formula is C22H17F3N2O. The highest BCUT2D eigenvalue weighted by atomic mass is 19.1. The van der Waals surface area contributed by atoms with Crippen molar-refractivity contribution in [1.29, 1.82) is 0 Å². The molecule has 0 aliphatic rings. The average molecular weight is 382 g/mol. The molecule has 3 nitrogen and oxygen atoms in total. The summed E-state index contributed by atoms with van der Waals surface area (Å²) in [5.74, 6) is -2.36. The predicted molar refractivity (Wildman–Crippen MR) is 102 cm³/mol. The van der Waals surface area contributed by atoms with Crippen LogP contribution >= 0.6 is 0 Å². The number of carbonyl (C=O) groups is 1. The largest absolute Gasteiger partial charge is 0.346 e. The van der Waals surface area contributed by atoms with E-state index in [9.17, 15) is 18.0 Å². The first-order chi connectivity index (χ1) is 13.4. The third kappa shape index (κ3) is 5.07. The lowest BCUT2D eigenvalue weighted by Gasteiger charge is -2.14. The molecule has 1 N–H and O–H groups in total. The van der Waals surface area contributed by atoms with Crippen LogP contribution in [0, 0.1) is 17.6 Å². The maximum absolute atomic E-state index is 13.2. The molecule has 0 bridgehead atoms. The van der Waals surface area contributed by atoms with Gasteiger partial charge in [-0.05, 0) is 60.0 Å². The summed E-state index contributed by atoms with van der Waals surface area (Å²) >= 11 is 0. The van der Waals surface area contributed by atoms with Crippen LogP contribution in [0.2, 0.25) is 0 Å². The van der Waals surface area contributed by atoms with Crippen LogP contribution in [-0.2, 0) is 4.79 Å². The molecule has 0 radical (unpaired) electrons. The molecule has 3 aromatic rings. The Labute approximate surface area is 160 Å². The molecule has 0 spiro atoms. The summed E-state index contributed by atoms with van der Waals surface area (Å²) in [6, 6.07) is 13.1. The Morgan fingerprint density at radius 3 is 2.43 bits per heavy atom. The van der Waals surface area contributed by atoms with E-state index in [1.54, 1.807) is 6.07 Å². The van der Waals surface area contributed by atoms with Crippen molar-refractivity contribution in [2.75, 3.05) is 0 Å². The van der Waals surface area contributed by atoms with E-state index in [2.05, 4.69) is 10.3 Å². The number of benzene rings is 2. The minimum atomic E-state index is -0.708. The molecule has 2 aromatic carbocycles. The highest BCUT2D eigenvalue weighted by Gasteiger charge is 2.09. The zero-order valence-electron chi connectivity index (χ0n) is 15.0. The molecule has 6 heteroatoms. The van der Waals surface area contributed by atoms with Crippen molar-refractivity contribution < 1.29 is 18.0 Å². The lowest BCUT2D eigenvalue weighted by Crippen LogP contribution is -2.24. The van der Waals surface area contributed by atoms with Crippen molar-refractivity contribution in [2.24, 2.45) is 0 Å². The van der Waals surface area contributed by atoms with Gasteiger partial charge in [0, 0.05) is 23.9 Å². The van der Waals surface area contributed by atoms with Gasteiger partial charge in [-0.15, -0.1) is 0 Å². The number of aromatic nitrogens is 1. The second kappa shape index (κ2) is 8.52. The van der Waals surface area contributed by atoms with Crippen LogP contribution in [0.25, 0.3) is 17.2 Å². The highest BCUT2D eigenvalue weighted by molar-refractivity contribution is 5.92. The molecule has 0 fully saturated rings. The summed E-state index contributed by atoms with van der Waals surface area (Å²) in [6.45, 7) is 1.82. The van der Waals surface area contributed by atoms with E-state index in [4.69, 9.17) is 0 Å². The van der Waals surface area contributed by atoms with Crippen molar-refractivity contribution in [3.05, 3.63) is 95.6 Å². The first-order valence-electron chi connectivity index (χ1n) is 8.57. The fourth-order valence-corrected chi connectivity index (χ4v) is 2.72. The third-order valence-corrected chi connectivity index (χ3v) is 4.12. The molecule has 1 aromatic heterocycles. The highest BCUT2D eigenvalue weighted by Crippen LogP contribution is 2.23. The van der Waals surface area contributed by atoms with Crippen LogP contribution in [0.5, 0.6) is 0 Å². The van der Waals surface area contributed by atoms with E-state index in [0.717, 1.165) is 34.9 Å². The van der Waals surface area contributed by atoms with Crippen LogP contribution in [0.4, 0.5) is 13.2 Å². The lowest BCUT2D eigenvalue weighted by atomic mass is 10.0. The number of carbonyl (C=O) groups excluding carboxylic acids is 1. The first kappa shape index (κ1) is 19.4. The summed E-state index contributed by atoms with van der Waals surface area (Å²) in [7, 11) is 0. The molecule has 1 atom stereocenters. The smallest absolute Gasteiger partial charge is 0.244 e. The van der Waals surface area contributed by atoms with E-state index in [-0.39, 0.29) is 11.6 Å². The third-order valence-electron chi connectivity index (χ3n) is 4.12. The monoisotopic (exact) mass is 382 g/mol. The van der Waals surface area contributed by atoms with Gasteiger partial charge >= 0.3 is 0 Å². The van der Waals surface area contributed by atoms with Gasteiger partial charge in [0.2, 0.25) is 11.9 Å². The number of nitrogens with one attached hydrogen (secondary N) is 1. The minimum Gasteiger partial charge on any atom is -0.346 e. The molecule has 1 heterocycles. The van der Waals surface area contributed by atoms with Crippen molar-refractivity contribution in [1.82, 2.24) is 10.3 Å². The fraction of sp³-hybridized carbons (Fsp3) is 0.0909. The molecule has 0 aliphatic carbocycles. The maximum Gasteiger partial charge on any atom is 0.244 e. The number of pyridine rings is 1. The Morgan fingerprint density at radius 1 is 1.00 bits per heavy atom. The Balaban J connectivity index is 1.69. The quantitative estimate of drug-likeness (QED) is 0.495. The number of nitrogens with zero attached hydrogens (tertiary/aromatic N) is 1. The summed E-state index contributed by atoms with van der Waals surface area (Å²) < 4.78 is 39.4. The van der Waals surface area contributed by atoms with Crippen LogP contribution < -0.4 is 5.32 Å². The molecule has 28 heavy (non-hydrogen) atoms. The van der Waals surface area contributed by atoms with Crippen molar-refractivity contribution in [3.63, 3.8) is 0 Å². The van der Waals surface area contributed by atoms with Crippen LogP contribution in [0.3, 0.4) is 0 Å². The van der Waals surface area contributed by atoms with Crippen molar-refractivity contribution >= 4 is 12.0 Å². The lowest BCUT2D eigenvalue weighted by molar-refractivity contribution is -0.117. The van der Waals surface area contributed by atoms with E-state index in [1.807, 2.05) is 31.2 Å². The molecule has 3 rings (SSSR count). The van der Waals surface area contributed by atoms with Crippen molar-refractivity contribution in [2.45, 2.75) is 13.0 Å². The van der Waals surface area contributed by atoms with Crippen LogP contribution in [0.15, 0.2) is 66.9 Å². The van der Waals surface area contributed by atoms with Gasteiger partial charge in [0.15, 0.2) is 0 Å².